The standard InChI is InChI=1S/C23H31NO2Si/c1-23(2,3)27(5,6)26-18-10-7-16(8-11-18)22-20-13-12-19(25-4)15-17(20)9-14-21(22)24/h7-8,10-13,15,22,24H,9,14H2,1-6H3. The maximum atomic E-state index is 8.54. The summed E-state index contributed by atoms with van der Waals surface area (Å²) >= 11 is 0. The van der Waals surface area contributed by atoms with Crippen LogP contribution in [0.4, 0.5) is 0 Å². The van der Waals surface area contributed by atoms with Crippen LogP contribution in [0, 0.1) is 5.41 Å². The zero-order valence-electron chi connectivity index (χ0n) is 17.3. The number of benzene rings is 2. The van der Waals surface area contributed by atoms with Gasteiger partial charge >= 0.3 is 0 Å². The summed E-state index contributed by atoms with van der Waals surface area (Å²) in [6.45, 7) is 11.3. The molecule has 0 aromatic heterocycles. The van der Waals surface area contributed by atoms with E-state index in [9.17, 15) is 0 Å². The molecule has 0 amide bonds. The SMILES string of the molecule is COc1ccc2c(c1)CCC(=N)C2c1ccc(O[Si](C)(C)C(C)(C)C)cc1. The fourth-order valence-corrected chi connectivity index (χ4v) is 4.40. The van der Waals surface area contributed by atoms with E-state index >= 15 is 0 Å². The average Bonchev–Trinajstić information content (AvgIpc) is 2.61. The second-order valence-electron chi connectivity index (χ2n) is 8.95. The predicted octanol–water partition coefficient (Wildman–Crippen LogP) is 6.18. The lowest BCUT2D eigenvalue weighted by molar-refractivity contribution is 0.414. The molecule has 0 saturated heterocycles. The molecule has 2 aromatic carbocycles. The Balaban J connectivity index is 1.88. The smallest absolute Gasteiger partial charge is 0.250 e. The molecule has 1 atom stereocenters. The normalized spacial score (nSPS) is 17.4. The van der Waals surface area contributed by atoms with Gasteiger partial charge in [0.2, 0.25) is 8.32 Å². The van der Waals surface area contributed by atoms with Gasteiger partial charge in [-0.25, -0.2) is 0 Å². The lowest BCUT2D eigenvalue weighted by Gasteiger charge is -2.36. The van der Waals surface area contributed by atoms with E-state index in [4.69, 9.17) is 14.6 Å². The summed E-state index contributed by atoms with van der Waals surface area (Å²) in [6.07, 6.45) is 1.71. The van der Waals surface area contributed by atoms with Crippen LogP contribution in [0.5, 0.6) is 11.5 Å². The third-order valence-corrected chi connectivity index (χ3v) is 10.4. The first-order valence-electron chi connectivity index (χ1n) is 9.65. The van der Waals surface area contributed by atoms with Gasteiger partial charge in [0.05, 0.1) is 7.11 Å². The second-order valence-corrected chi connectivity index (χ2v) is 13.7. The highest BCUT2D eigenvalue weighted by Gasteiger charge is 2.39. The minimum atomic E-state index is -1.84. The first-order valence-corrected chi connectivity index (χ1v) is 12.6. The van der Waals surface area contributed by atoms with Crippen molar-refractivity contribution in [3.8, 4) is 11.5 Å². The quantitative estimate of drug-likeness (QED) is 0.643. The highest BCUT2D eigenvalue weighted by molar-refractivity contribution is 6.74. The van der Waals surface area contributed by atoms with Crippen molar-refractivity contribution in [3.63, 3.8) is 0 Å². The Bertz CT molecular complexity index is 834. The average molecular weight is 382 g/mol. The minimum absolute atomic E-state index is 0.0292. The molecule has 0 heterocycles. The van der Waals surface area contributed by atoms with E-state index in [-0.39, 0.29) is 11.0 Å². The van der Waals surface area contributed by atoms with Crippen LogP contribution in [0.1, 0.15) is 49.8 Å². The summed E-state index contributed by atoms with van der Waals surface area (Å²) in [4.78, 5) is 0. The number of aryl methyl sites for hydroxylation is 1. The monoisotopic (exact) mass is 381 g/mol. The Hall–Kier alpha value is -2.07. The maximum Gasteiger partial charge on any atom is 0.250 e. The van der Waals surface area contributed by atoms with Crippen LogP contribution >= 0.6 is 0 Å². The van der Waals surface area contributed by atoms with E-state index in [0.717, 1.165) is 35.6 Å². The predicted molar refractivity (Wildman–Crippen MR) is 115 cm³/mol. The lowest BCUT2D eigenvalue weighted by Crippen LogP contribution is -2.43. The Kier molecular flexibility index (Phi) is 5.22. The number of rotatable bonds is 4. The van der Waals surface area contributed by atoms with Crippen molar-refractivity contribution in [2.45, 2.75) is 57.7 Å². The number of methoxy groups -OCH3 is 1. The summed E-state index contributed by atoms with van der Waals surface area (Å²) in [5, 5.41) is 8.71. The third kappa shape index (κ3) is 3.96. The molecule has 3 nitrogen and oxygen atoms in total. The minimum Gasteiger partial charge on any atom is -0.544 e. The van der Waals surface area contributed by atoms with Gasteiger partial charge in [0.25, 0.3) is 0 Å². The first kappa shape index (κ1) is 19.7. The van der Waals surface area contributed by atoms with Crippen LogP contribution < -0.4 is 9.16 Å². The van der Waals surface area contributed by atoms with Crippen molar-refractivity contribution in [2.24, 2.45) is 0 Å². The highest BCUT2D eigenvalue weighted by atomic mass is 28.4. The number of ether oxygens (including phenoxy) is 1. The highest BCUT2D eigenvalue weighted by Crippen LogP contribution is 2.39. The van der Waals surface area contributed by atoms with Crippen molar-refractivity contribution in [3.05, 3.63) is 59.2 Å². The van der Waals surface area contributed by atoms with Crippen LogP contribution in [-0.4, -0.2) is 21.1 Å². The molecule has 1 aliphatic rings. The molecule has 0 spiro atoms. The van der Waals surface area contributed by atoms with Gasteiger partial charge in [-0.05, 0) is 71.9 Å². The van der Waals surface area contributed by atoms with Crippen molar-refractivity contribution >= 4 is 14.0 Å². The van der Waals surface area contributed by atoms with Gasteiger partial charge in [-0.1, -0.05) is 39.0 Å². The van der Waals surface area contributed by atoms with Crippen LogP contribution in [0.2, 0.25) is 18.1 Å². The number of hydrogen-bond acceptors (Lipinski definition) is 3. The summed E-state index contributed by atoms with van der Waals surface area (Å²) in [7, 11) is -0.141. The molecule has 0 radical (unpaired) electrons. The summed E-state index contributed by atoms with van der Waals surface area (Å²) < 4.78 is 11.8. The Morgan fingerprint density at radius 1 is 0.963 bits per heavy atom. The van der Waals surface area contributed by atoms with E-state index < -0.39 is 8.32 Å². The fourth-order valence-electron chi connectivity index (χ4n) is 3.37. The molecule has 4 heteroatoms. The van der Waals surface area contributed by atoms with Gasteiger partial charge in [0.15, 0.2) is 0 Å². The van der Waals surface area contributed by atoms with E-state index in [2.05, 4.69) is 70.3 Å². The third-order valence-electron chi connectivity index (χ3n) is 6.07. The summed E-state index contributed by atoms with van der Waals surface area (Å²) in [6, 6.07) is 14.6. The van der Waals surface area contributed by atoms with E-state index in [1.54, 1.807) is 7.11 Å². The van der Waals surface area contributed by atoms with Gasteiger partial charge < -0.3 is 14.6 Å². The van der Waals surface area contributed by atoms with Crippen LogP contribution in [0.3, 0.4) is 0 Å². The number of fused-ring (bicyclic) bond motifs is 1. The molecule has 1 N–H and O–H groups in total. The fraction of sp³-hybridized carbons (Fsp3) is 0.435. The molecule has 0 bridgehead atoms. The molecule has 27 heavy (non-hydrogen) atoms. The molecule has 144 valence electrons. The van der Waals surface area contributed by atoms with Crippen molar-refractivity contribution in [2.75, 3.05) is 7.11 Å². The Labute approximate surface area is 164 Å². The summed E-state index contributed by atoms with van der Waals surface area (Å²) in [5.74, 6) is 1.85. The van der Waals surface area contributed by atoms with Crippen molar-refractivity contribution < 1.29 is 9.16 Å². The zero-order valence-corrected chi connectivity index (χ0v) is 18.3. The van der Waals surface area contributed by atoms with Gasteiger partial charge in [0.1, 0.15) is 11.5 Å². The van der Waals surface area contributed by atoms with E-state index in [1.807, 2.05) is 6.07 Å². The van der Waals surface area contributed by atoms with E-state index in [0.29, 0.717) is 0 Å². The van der Waals surface area contributed by atoms with Crippen molar-refractivity contribution in [1.29, 1.82) is 5.41 Å². The zero-order chi connectivity index (χ0) is 19.8. The van der Waals surface area contributed by atoms with Crippen LogP contribution in [0.15, 0.2) is 42.5 Å². The van der Waals surface area contributed by atoms with Gasteiger partial charge in [-0.15, -0.1) is 0 Å². The van der Waals surface area contributed by atoms with Gasteiger partial charge in [0, 0.05) is 11.6 Å². The van der Waals surface area contributed by atoms with Gasteiger partial charge in [-0.2, -0.15) is 0 Å². The molecule has 0 saturated carbocycles. The largest absolute Gasteiger partial charge is 0.544 e. The summed E-state index contributed by atoms with van der Waals surface area (Å²) in [5.41, 5.74) is 4.46. The van der Waals surface area contributed by atoms with E-state index in [1.165, 1.54) is 11.1 Å². The molecule has 1 aliphatic carbocycles. The van der Waals surface area contributed by atoms with Gasteiger partial charge in [-0.3, -0.25) is 0 Å². The van der Waals surface area contributed by atoms with Crippen LogP contribution in [0.25, 0.3) is 0 Å². The molecule has 0 fully saturated rings. The lowest BCUT2D eigenvalue weighted by atomic mass is 9.77. The van der Waals surface area contributed by atoms with Crippen LogP contribution in [-0.2, 0) is 6.42 Å². The van der Waals surface area contributed by atoms with Crippen molar-refractivity contribution in [1.82, 2.24) is 0 Å². The molecular weight excluding hydrogens is 350 g/mol. The maximum absolute atomic E-state index is 8.54. The first-order chi connectivity index (χ1) is 12.6. The molecule has 2 aromatic rings. The number of hydrogen-bond donors (Lipinski definition) is 1. The topological polar surface area (TPSA) is 42.3 Å². The molecule has 1 unspecified atom stereocenters. The number of nitrogens with one attached hydrogen (secondary N) is 1. The second kappa shape index (κ2) is 7.15. The Morgan fingerprint density at radius 2 is 1.59 bits per heavy atom. The Morgan fingerprint density at radius 3 is 2.19 bits per heavy atom. The molecule has 0 aliphatic heterocycles. The molecule has 3 rings (SSSR count). The molecular formula is C23H31NO2Si.